The van der Waals surface area contributed by atoms with Crippen molar-refractivity contribution in [3.63, 3.8) is 0 Å². The van der Waals surface area contributed by atoms with Crippen molar-refractivity contribution >= 4 is 29.2 Å². The minimum Gasteiger partial charge on any atom is -0.355 e. The highest BCUT2D eigenvalue weighted by Crippen LogP contribution is 2.30. The number of fused-ring (bicyclic) bond motifs is 1. The van der Waals surface area contributed by atoms with Crippen molar-refractivity contribution in [2.75, 3.05) is 5.32 Å². The van der Waals surface area contributed by atoms with Gasteiger partial charge in [-0.3, -0.25) is 15.0 Å². The molecule has 1 aromatic carbocycles. The molecule has 1 N–H and O–H groups in total. The quantitative estimate of drug-likeness (QED) is 0.727. The fraction of sp³-hybridized carbons (Fsp3) is 0.105. The summed E-state index contributed by atoms with van der Waals surface area (Å²) in [6, 6.07) is 10.1. The predicted octanol–water partition coefficient (Wildman–Crippen LogP) is 4.92. The summed E-state index contributed by atoms with van der Waals surface area (Å²) in [5, 5.41) is 3.84. The third-order valence-electron chi connectivity index (χ3n) is 3.99. The molecule has 0 saturated heterocycles. The molecule has 6 heteroatoms. The Labute approximate surface area is 149 Å². The van der Waals surface area contributed by atoms with Crippen LogP contribution in [0.25, 0.3) is 11.3 Å². The lowest BCUT2D eigenvalue weighted by atomic mass is 10.1. The van der Waals surface area contributed by atoms with Gasteiger partial charge in [0.2, 0.25) is 0 Å². The van der Waals surface area contributed by atoms with Crippen LogP contribution >= 0.6 is 11.6 Å². The third kappa shape index (κ3) is 3.10. The Morgan fingerprint density at radius 3 is 2.92 bits per heavy atom. The third-order valence-corrected chi connectivity index (χ3v) is 4.22. The second kappa shape index (κ2) is 6.26. The number of aromatic nitrogens is 2. The van der Waals surface area contributed by atoms with Crippen LogP contribution in [0.1, 0.15) is 17.0 Å². The monoisotopic (exact) mass is 352 g/mol. The summed E-state index contributed by atoms with van der Waals surface area (Å²) in [4.78, 5) is 13.0. The van der Waals surface area contributed by atoms with Crippen LogP contribution < -0.4 is 5.32 Å². The highest BCUT2D eigenvalue weighted by molar-refractivity contribution is 6.30. The molecular formula is C19H14ClFN4. The Kier molecular flexibility index (Phi) is 3.93. The second-order valence-corrected chi connectivity index (χ2v) is 6.26. The van der Waals surface area contributed by atoms with Gasteiger partial charge >= 0.3 is 0 Å². The average molecular weight is 353 g/mol. The highest BCUT2D eigenvalue weighted by atomic mass is 35.5. The first-order valence-corrected chi connectivity index (χ1v) is 8.17. The Morgan fingerprint density at radius 2 is 2.04 bits per heavy atom. The molecule has 0 spiro atoms. The maximum Gasteiger partial charge on any atom is 0.132 e. The fourth-order valence-electron chi connectivity index (χ4n) is 2.85. The molecule has 3 heterocycles. The molecule has 0 bridgehead atoms. The van der Waals surface area contributed by atoms with E-state index in [4.69, 9.17) is 11.6 Å². The maximum absolute atomic E-state index is 14.2. The molecule has 0 fully saturated rings. The molecule has 1 aliphatic rings. The minimum absolute atomic E-state index is 0.355. The summed E-state index contributed by atoms with van der Waals surface area (Å²) in [6.07, 6.45) is 3.51. The van der Waals surface area contributed by atoms with Gasteiger partial charge in [-0.15, -0.1) is 0 Å². The number of anilines is 2. The van der Waals surface area contributed by atoms with Crippen molar-refractivity contribution in [2.45, 2.75) is 13.5 Å². The largest absolute Gasteiger partial charge is 0.355 e. The van der Waals surface area contributed by atoms with Gasteiger partial charge in [0.25, 0.3) is 0 Å². The second-order valence-electron chi connectivity index (χ2n) is 5.82. The lowest BCUT2D eigenvalue weighted by Gasteiger charge is -2.13. The number of nitrogens with zero attached hydrogens (tertiary/aromatic N) is 3. The molecule has 4 rings (SSSR count). The molecule has 0 aliphatic carbocycles. The van der Waals surface area contributed by atoms with Crippen molar-refractivity contribution in [1.82, 2.24) is 9.97 Å². The molecule has 3 aromatic rings. The van der Waals surface area contributed by atoms with Crippen molar-refractivity contribution < 1.29 is 4.39 Å². The van der Waals surface area contributed by atoms with E-state index in [1.54, 1.807) is 18.5 Å². The van der Waals surface area contributed by atoms with Crippen LogP contribution in [-0.2, 0) is 6.54 Å². The molecule has 4 nitrogen and oxygen atoms in total. The SMILES string of the molecule is Cc1cc(Nc2ccnc3c2CN=C3)cc(-c2cc(Cl)ccc2F)n1. The van der Waals surface area contributed by atoms with E-state index in [9.17, 15) is 4.39 Å². The number of hydrogen-bond donors (Lipinski definition) is 1. The summed E-state index contributed by atoms with van der Waals surface area (Å²) in [5.74, 6) is -0.355. The van der Waals surface area contributed by atoms with Crippen LogP contribution in [0.15, 0.2) is 47.6 Å². The summed E-state index contributed by atoms with van der Waals surface area (Å²) < 4.78 is 14.2. The average Bonchev–Trinajstić information content (AvgIpc) is 3.06. The Morgan fingerprint density at radius 1 is 1.16 bits per heavy atom. The first-order valence-electron chi connectivity index (χ1n) is 7.79. The van der Waals surface area contributed by atoms with Gasteiger partial charge < -0.3 is 5.32 Å². The standard InChI is InChI=1S/C19H14ClFN4/c1-11-6-13(25-17-4-5-23-19-10-22-9-15(17)19)8-18(24-11)14-7-12(20)2-3-16(14)21/h2-8,10H,9H2,1H3,(H,23,24,25). The van der Waals surface area contributed by atoms with E-state index >= 15 is 0 Å². The van der Waals surface area contributed by atoms with Gasteiger partial charge in [-0.2, -0.15) is 0 Å². The van der Waals surface area contributed by atoms with E-state index < -0.39 is 0 Å². The predicted molar refractivity (Wildman–Crippen MR) is 98.2 cm³/mol. The fourth-order valence-corrected chi connectivity index (χ4v) is 3.03. The number of benzene rings is 1. The molecule has 0 unspecified atom stereocenters. The van der Waals surface area contributed by atoms with Gasteiger partial charge in [-0.1, -0.05) is 11.6 Å². The number of hydrogen-bond acceptors (Lipinski definition) is 4. The summed E-state index contributed by atoms with van der Waals surface area (Å²) in [5.41, 5.74) is 5.37. The molecule has 1 aliphatic heterocycles. The van der Waals surface area contributed by atoms with E-state index in [-0.39, 0.29) is 5.82 Å². The summed E-state index contributed by atoms with van der Waals surface area (Å²) in [6.45, 7) is 2.47. The molecule has 2 aromatic heterocycles. The highest BCUT2D eigenvalue weighted by Gasteiger charge is 2.14. The van der Waals surface area contributed by atoms with E-state index in [0.29, 0.717) is 22.8 Å². The number of aryl methyl sites for hydroxylation is 1. The molecule has 0 atom stereocenters. The zero-order valence-corrected chi connectivity index (χ0v) is 14.2. The van der Waals surface area contributed by atoms with E-state index in [1.807, 2.05) is 25.1 Å². The lowest BCUT2D eigenvalue weighted by Crippen LogP contribution is -2.00. The molecule has 0 saturated carbocycles. The van der Waals surface area contributed by atoms with Crippen LogP contribution in [-0.4, -0.2) is 16.2 Å². The minimum atomic E-state index is -0.355. The lowest BCUT2D eigenvalue weighted by molar-refractivity contribution is 0.630. The smallest absolute Gasteiger partial charge is 0.132 e. The first kappa shape index (κ1) is 15.7. The zero-order chi connectivity index (χ0) is 17.4. The number of pyridine rings is 2. The van der Waals surface area contributed by atoms with Crippen LogP contribution in [0.4, 0.5) is 15.8 Å². The topological polar surface area (TPSA) is 50.2 Å². The van der Waals surface area contributed by atoms with Crippen molar-refractivity contribution in [2.24, 2.45) is 4.99 Å². The molecule has 0 radical (unpaired) electrons. The number of rotatable bonds is 3. The van der Waals surface area contributed by atoms with Gasteiger partial charge in [0.15, 0.2) is 0 Å². The Hall–Kier alpha value is -2.79. The normalized spacial score (nSPS) is 12.3. The first-order chi connectivity index (χ1) is 12.1. The van der Waals surface area contributed by atoms with Crippen molar-refractivity contribution in [1.29, 1.82) is 0 Å². The van der Waals surface area contributed by atoms with E-state index in [0.717, 1.165) is 28.3 Å². The van der Waals surface area contributed by atoms with Crippen molar-refractivity contribution in [3.8, 4) is 11.3 Å². The molecular weight excluding hydrogens is 339 g/mol. The number of nitrogens with one attached hydrogen (secondary N) is 1. The molecule has 25 heavy (non-hydrogen) atoms. The van der Waals surface area contributed by atoms with Crippen LogP contribution in [0.2, 0.25) is 5.02 Å². The Bertz CT molecular complexity index is 1000. The molecule has 124 valence electrons. The number of halogens is 2. The molecule has 0 amide bonds. The van der Waals surface area contributed by atoms with E-state index in [2.05, 4.69) is 20.3 Å². The Balaban J connectivity index is 1.74. The van der Waals surface area contributed by atoms with Gasteiger partial charge in [0.1, 0.15) is 5.82 Å². The number of aliphatic imine (C=N–C) groups is 1. The van der Waals surface area contributed by atoms with Crippen molar-refractivity contribution in [3.05, 3.63) is 70.4 Å². The maximum atomic E-state index is 14.2. The van der Waals surface area contributed by atoms with Gasteiger partial charge in [-0.25, -0.2) is 4.39 Å². The van der Waals surface area contributed by atoms with Crippen LogP contribution in [0.3, 0.4) is 0 Å². The summed E-state index contributed by atoms with van der Waals surface area (Å²) >= 11 is 6.01. The van der Waals surface area contributed by atoms with E-state index in [1.165, 1.54) is 12.1 Å². The van der Waals surface area contributed by atoms with Crippen LogP contribution in [0.5, 0.6) is 0 Å². The van der Waals surface area contributed by atoms with Gasteiger partial charge in [0.05, 0.1) is 17.9 Å². The van der Waals surface area contributed by atoms with Crippen LogP contribution in [0, 0.1) is 12.7 Å². The zero-order valence-electron chi connectivity index (χ0n) is 13.4. The summed E-state index contributed by atoms with van der Waals surface area (Å²) in [7, 11) is 0. The van der Waals surface area contributed by atoms with Gasteiger partial charge in [0, 0.05) is 45.6 Å². The van der Waals surface area contributed by atoms with Gasteiger partial charge in [-0.05, 0) is 43.3 Å².